The SMILES string of the molecule is Cc1ccccc1NC1(C#N)CCOc2ccccc21. The van der Waals surface area contributed by atoms with Gasteiger partial charge in [0.1, 0.15) is 5.75 Å². The van der Waals surface area contributed by atoms with E-state index in [1.165, 1.54) is 0 Å². The molecule has 0 saturated carbocycles. The van der Waals surface area contributed by atoms with Crippen LogP contribution in [0.4, 0.5) is 5.69 Å². The van der Waals surface area contributed by atoms with E-state index in [4.69, 9.17) is 4.74 Å². The van der Waals surface area contributed by atoms with Crippen molar-refractivity contribution in [2.45, 2.75) is 18.9 Å². The normalized spacial score (nSPS) is 20.4. The molecule has 1 atom stereocenters. The molecule has 2 aromatic carbocycles. The van der Waals surface area contributed by atoms with Crippen molar-refractivity contribution < 1.29 is 4.74 Å². The van der Waals surface area contributed by atoms with Crippen LogP contribution < -0.4 is 10.1 Å². The van der Waals surface area contributed by atoms with Gasteiger partial charge in [0.15, 0.2) is 5.54 Å². The molecule has 3 heteroatoms. The molecule has 1 N–H and O–H groups in total. The van der Waals surface area contributed by atoms with Crippen LogP contribution in [-0.2, 0) is 5.54 Å². The summed E-state index contributed by atoms with van der Waals surface area (Å²) in [5.74, 6) is 0.793. The van der Waals surface area contributed by atoms with Crippen LogP contribution in [0.15, 0.2) is 48.5 Å². The molecule has 100 valence electrons. The molecule has 1 unspecified atom stereocenters. The fourth-order valence-corrected chi connectivity index (χ4v) is 2.61. The highest BCUT2D eigenvalue weighted by Crippen LogP contribution is 2.39. The first-order chi connectivity index (χ1) is 9.75. The summed E-state index contributed by atoms with van der Waals surface area (Å²) in [6.45, 7) is 2.59. The quantitative estimate of drug-likeness (QED) is 0.901. The van der Waals surface area contributed by atoms with Crippen molar-refractivity contribution in [1.82, 2.24) is 0 Å². The van der Waals surface area contributed by atoms with Crippen molar-refractivity contribution in [3.8, 4) is 11.8 Å². The van der Waals surface area contributed by atoms with E-state index in [0.29, 0.717) is 13.0 Å². The van der Waals surface area contributed by atoms with Gasteiger partial charge in [0.05, 0.1) is 12.7 Å². The molecule has 2 aromatic rings. The molecule has 1 heterocycles. The lowest BCUT2D eigenvalue weighted by atomic mass is 9.85. The second-order valence-corrected chi connectivity index (χ2v) is 5.05. The fraction of sp³-hybridized carbons (Fsp3) is 0.235. The Balaban J connectivity index is 2.06. The number of anilines is 1. The number of ether oxygens (including phenoxy) is 1. The Morgan fingerprint density at radius 3 is 2.70 bits per heavy atom. The van der Waals surface area contributed by atoms with Gasteiger partial charge in [0.25, 0.3) is 0 Å². The average molecular weight is 264 g/mol. The molecule has 3 nitrogen and oxygen atoms in total. The lowest BCUT2D eigenvalue weighted by Gasteiger charge is -2.35. The van der Waals surface area contributed by atoms with Crippen LogP contribution >= 0.6 is 0 Å². The smallest absolute Gasteiger partial charge is 0.157 e. The number of nitrogens with zero attached hydrogens (tertiary/aromatic N) is 1. The molecule has 0 bridgehead atoms. The van der Waals surface area contributed by atoms with E-state index >= 15 is 0 Å². The third-order valence-corrected chi connectivity index (χ3v) is 3.77. The summed E-state index contributed by atoms with van der Waals surface area (Å²) in [7, 11) is 0. The van der Waals surface area contributed by atoms with Gasteiger partial charge in [-0.25, -0.2) is 0 Å². The summed E-state index contributed by atoms with van der Waals surface area (Å²) >= 11 is 0. The highest BCUT2D eigenvalue weighted by atomic mass is 16.5. The minimum atomic E-state index is -0.721. The summed E-state index contributed by atoms with van der Waals surface area (Å²) in [5.41, 5.74) is 2.31. The van der Waals surface area contributed by atoms with Gasteiger partial charge in [-0.1, -0.05) is 36.4 Å². The maximum atomic E-state index is 9.77. The Kier molecular flexibility index (Phi) is 3.08. The van der Waals surface area contributed by atoms with Crippen LogP contribution in [0.5, 0.6) is 5.75 Å². The standard InChI is InChI=1S/C17H16N2O/c1-13-6-2-4-8-15(13)19-17(12-18)10-11-20-16-9-5-3-7-14(16)17/h2-9,19H,10-11H2,1H3. The predicted octanol–water partition coefficient (Wildman–Crippen LogP) is 3.61. The molecule has 0 radical (unpaired) electrons. The molecule has 3 rings (SSSR count). The summed E-state index contributed by atoms with van der Waals surface area (Å²) in [6.07, 6.45) is 0.634. The van der Waals surface area contributed by atoms with Crippen LogP contribution in [0.1, 0.15) is 17.5 Å². The van der Waals surface area contributed by atoms with Gasteiger partial charge >= 0.3 is 0 Å². The van der Waals surface area contributed by atoms with Crippen molar-refractivity contribution >= 4 is 5.69 Å². The minimum absolute atomic E-state index is 0.545. The van der Waals surface area contributed by atoms with E-state index in [0.717, 1.165) is 22.6 Å². The summed E-state index contributed by atoms with van der Waals surface area (Å²) in [4.78, 5) is 0. The summed E-state index contributed by atoms with van der Waals surface area (Å²) in [6, 6.07) is 18.2. The minimum Gasteiger partial charge on any atom is -0.493 e. The van der Waals surface area contributed by atoms with Gasteiger partial charge in [0.2, 0.25) is 0 Å². The second-order valence-electron chi connectivity index (χ2n) is 5.05. The molecule has 0 aliphatic carbocycles. The molecule has 1 aliphatic rings. The highest BCUT2D eigenvalue weighted by molar-refractivity contribution is 5.58. The molecule has 1 aliphatic heterocycles. The number of rotatable bonds is 2. The number of para-hydroxylation sites is 2. The van der Waals surface area contributed by atoms with Crippen molar-refractivity contribution in [3.05, 3.63) is 59.7 Å². The predicted molar refractivity (Wildman–Crippen MR) is 78.6 cm³/mol. The van der Waals surface area contributed by atoms with Crippen molar-refractivity contribution in [3.63, 3.8) is 0 Å². The number of hydrogen-bond acceptors (Lipinski definition) is 3. The Morgan fingerprint density at radius 2 is 1.90 bits per heavy atom. The third-order valence-electron chi connectivity index (χ3n) is 3.77. The van der Waals surface area contributed by atoms with Gasteiger partial charge in [-0.05, 0) is 24.6 Å². The first-order valence-corrected chi connectivity index (χ1v) is 6.72. The van der Waals surface area contributed by atoms with Crippen LogP contribution in [0.25, 0.3) is 0 Å². The van der Waals surface area contributed by atoms with Crippen molar-refractivity contribution in [1.29, 1.82) is 5.26 Å². The molecule has 0 aromatic heterocycles. The molecular formula is C17H16N2O. The summed E-state index contributed by atoms with van der Waals surface area (Å²) < 4.78 is 5.66. The number of benzene rings is 2. The van der Waals surface area contributed by atoms with Crippen LogP contribution in [0, 0.1) is 18.3 Å². The zero-order chi connectivity index (χ0) is 14.0. The van der Waals surface area contributed by atoms with Gasteiger partial charge in [-0.15, -0.1) is 0 Å². The van der Waals surface area contributed by atoms with Crippen molar-refractivity contribution in [2.24, 2.45) is 0 Å². The first kappa shape index (κ1) is 12.6. The molecule has 0 fully saturated rings. The molecule has 0 saturated heterocycles. The Labute approximate surface area is 118 Å². The maximum Gasteiger partial charge on any atom is 0.157 e. The van der Waals surface area contributed by atoms with Gasteiger partial charge in [-0.2, -0.15) is 5.26 Å². The number of nitriles is 1. The van der Waals surface area contributed by atoms with E-state index in [1.807, 2.05) is 55.5 Å². The lowest BCUT2D eigenvalue weighted by molar-refractivity contribution is 0.253. The van der Waals surface area contributed by atoms with E-state index in [2.05, 4.69) is 11.4 Å². The van der Waals surface area contributed by atoms with Gasteiger partial charge in [-0.3, -0.25) is 0 Å². The largest absolute Gasteiger partial charge is 0.493 e. The zero-order valence-electron chi connectivity index (χ0n) is 11.4. The summed E-state index contributed by atoms with van der Waals surface area (Å²) in [5, 5.41) is 13.2. The van der Waals surface area contributed by atoms with Crippen LogP contribution in [0.2, 0.25) is 0 Å². The lowest BCUT2D eigenvalue weighted by Crippen LogP contribution is -2.39. The van der Waals surface area contributed by atoms with E-state index < -0.39 is 5.54 Å². The zero-order valence-corrected chi connectivity index (χ0v) is 11.4. The van der Waals surface area contributed by atoms with E-state index in [-0.39, 0.29) is 0 Å². The fourth-order valence-electron chi connectivity index (χ4n) is 2.61. The number of fused-ring (bicyclic) bond motifs is 1. The van der Waals surface area contributed by atoms with Gasteiger partial charge in [0, 0.05) is 17.7 Å². The monoisotopic (exact) mass is 264 g/mol. The third kappa shape index (κ3) is 2.00. The van der Waals surface area contributed by atoms with Crippen LogP contribution in [0.3, 0.4) is 0 Å². The molecule has 20 heavy (non-hydrogen) atoms. The molecular weight excluding hydrogens is 248 g/mol. The average Bonchev–Trinajstić information content (AvgIpc) is 2.50. The first-order valence-electron chi connectivity index (χ1n) is 6.72. The van der Waals surface area contributed by atoms with Crippen molar-refractivity contribution in [2.75, 3.05) is 11.9 Å². The topological polar surface area (TPSA) is 45.0 Å². The number of hydrogen-bond donors (Lipinski definition) is 1. The highest BCUT2D eigenvalue weighted by Gasteiger charge is 2.38. The Morgan fingerprint density at radius 1 is 1.15 bits per heavy atom. The molecule has 0 amide bonds. The maximum absolute atomic E-state index is 9.77. The second kappa shape index (κ2) is 4.90. The van der Waals surface area contributed by atoms with Gasteiger partial charge < -0.3 is 10.1 Å². The number of aryl methyl sites for hydroxylation is 1. The van der Waals surface area contributed by atoms with E-state index in [1.54, 1.807) is 0 Å². The van der Waals surface area contributed by atoms with Crippen LogP contribution in [-0.4, -0.2) is 6.61 Å². The Hall–Kier alpha value is -2.47. The van der Waals surface area contributed by atoms with E-state index in [9.17, 15) is 5.26 Å². The number of nitrogens with one attached hydrogen (secondary N) is 1. The molecule has 0 spiro atoms. The Bertz CT molecular complexity index is 675.